The molecule has 0 spiro atoms. The average Bonchev–Trinajstić information content (AvgIpc) is 3.72. The van der Waals surface area contributed by atoms with Crippen LogP contribution in [0.15, 0.2) is 158 Å². The van der Waals surface area contributed by atoms with Crippen LogP contribution in [0.1, 0.15) is 63.8 Å². The zero-order valence-electron chi connectivity index (χ0n) is 35.9. The van der Waals surface area contributed by atoms with Crippen molar-refractivity contribution in [1.29, 1.82) is 0 Å². The summed E-state index contributed by atoms with van der Waals surface area (Å²) in [6, 6.07) is 59.0. The first kappa shape index (κ1) is 36.6. The predicted octanol–water partition coefficient (Wildman–Crippen LogP) is 12.7. The van der Waals surface area contributed by atoms with Crippen LogP contribution in [-0.2, 0) is 10.8 Å². The number of fused-ring (bicyclic) bond motifs is 4. The lowest BCUT2D eigenvalue weighted by Crippen LogP contribution is -2.60. The van der Waals surface area contributed by atoms with Crippen LogP contribution in [0.5, 0.6) is 0 Å². The summed E-state index contributed by atoms with van der Waals surface area (Å²) in [5.41, 5.74) is 22.9. The molecule has 0 atom stereocenters. The van der Waals surface area contributed by atoms with Crippen molar-refractivity contribution in [3.05, 3.63) is 180 Å². The fourth-order valence-electron chi connectivity index (χ4n) is 10.4. The van der Waals surface area contributed by atoms with Crippen LogP contribution in [0.3, 0.4) is 0 Å². The quantitative estimate of drug-likeness (QED) is 0.159. The summed E-state index contributed by atoms with van der Waals surface area (Å²) < 4.78 is 5.28. The van der Waals surface area contributed by atoms with Crippen LogP contribution in [-0.4, -0.2) is 15.8 Å². The Balaban J connectivity index is 1.38. The van der Waals surface area contributed by atoms with E-state index in [1.54, 1.807) is 0 Å². The van der Waals surface area contributed by atoms with Gasteiger partial charge in [0.2, 0.25) is 0 Å². The van der Waals surface area contributed by atoms with E-state index in [2.05, 4.69) is 227 Å². The molecule has 9 aromatic rings. The Bertz CT molecular complexity index is 2950. The molecule has 0 fully saturated rings. The zero-order chi connectivity index (χ0) is 41.2. The highest BCUT2D eigenvalue weighted by molar-refractivity contribution is 7.00. The third-order valence-corrected chi connectivity index (χ3v) is 13.3. The molecular weight excluding hydrogens is 725 g/mol. The van der Waals surface area contributed by atoms with Crippen molar-refractivity contribution in [3.8, 4) is 33.9 Å². The number of hydrogen-bond donors (Lipinski definition) is 0. The molecule has 292 valence electrons. The molecule has 0 aliphatic carbocycles. The molecule has 2 aliphatic heterocycles. The van der Waals surface area contributed by atoms with Crippen molar-refractivity contribution in [2.45, 2.75) is 66.2 Å². The third-order valence-electron chi connectivity index (χ3n) is 13.3. The monoisotopic (exact) mass is 775 g/mol. The van der Waals surface area contributed by atoms with E-state index in [0.29, 0.717) is 0 Å². The maximum absolute atomic E-state index is 2.64. The summed E-state index contributed by atoms with van der Waals surface area (Å²) in [6.45, 7) is 18.9. The largest absolute Gasteiger partial charge is 0.310 e. The van der Waals surface area contributed by atoms with Crippen LogP contribution in [0.4, 0.5) is 17.1 Å². The number of nitrogens with zero attached hydrogens (tertiary/aromatic N) is 3. The maximum Gasteiger partial charge on any atom is 0.252 e. The standard InChI is InChI=1S/C56H50BN3/c1-35-44-29-39(55(3,4)5)31-46-53(44)59(51(35)37-21-13-9-14-22-37)48-33-43(58(41-25-17-11-18-26-41)42-27-19-12-20-28-42)34-49-50(48)57(46)47-32-40(56(6,7)8)30-45-36(2)52(60(49)54(45)47)38-23-15-10-16-24-38/h9-34H,1-8H3. The Labute approximate surface area is 354 Å². The second-order valence-electron chi connectivity index (χ2n) is 19.1. The second-order valence-corrected chi connectivity index (χ2v) is 19.1. The van der Waals surface area contributed by atoms with Gasteiger partial charge in [0.15, 0.2) is 0 Å². The summed E-state index contributed by atoms with van der Waals surface area (Å²) in [7, 11) is 0. The highest BCUT2D eigenvalue weighted by Gasteiger charge is 2.44. The molecule has 0 saturated heterocycles. The molecule has 2 aliphatic rings. The topological polar surface area (TPSA) is 13.1 Å². The first-order chi connectivity index (χ1) is 28.9. The molecule has 0 amide bonds. The normalized spacial score (nSPS) is 13.0. The minimum atomic E-state index is -0.0422. The third kappa shape index (κ3) is 5.29. The summed E-state index contributed by atoms with van der Waals surface area (Å²) in [6.07, 6.45) is 0. The van der Waals surface area contributed by atoms with E-state index >= 15 is 0 Å². The molecule has 0 saturated carbocycles. The second kappa shape index (κ2) is 13.0. The molecule has 4 heteroatoms. The van der Waals surface area contributed by atoms with Crippen molar-refractivity contribution in [2.75, 3.05) is 4.90 Å². The van der Waals surface area contributed by atoms with Crippen LogP contribution in [0, 0.1) is 13.8 Å². The van der Waals surface area contributed by atoms with Crippen LogP contribution in [0.2, 0.25) is 0 Å². The summed E-state index contributed by atoms with van der Waals surface area (Å²) in [4.78, 5) is 2.44. The highest BCUT2D eigenvalue weighted by atomic mass is 15.2. The van der Waals surface area contributed by atoms with Gasteiger partial charge in [0, 0.05) is 44.6 Å². The summed E-state index contributed by atoms with van der Waals surface area (Å²) >= 11 is 0. The number of hydrogen-bond acceptors (Lipinski definition) is 1. The fraction of sp³-hybridized carbons (Fsp3) is 0.179. The van der Waals surface area contributed by atoms with Gasteiger partial charge in [-0.15, -0.1) is 0 Å². The first-order valence-corrected chi connectivity index (χ1v) is 21.5. The Kier molecular flexibility index (Phi) is 7.91. The lowest BCUT2D eigenvalue weighted by atomic mass is 9.34. The van der Waals surface area contributed by atoms with Gasteiger partial charge in [-0.25, -0.2) is 0 Å². The molecule has 11 rings (SSSR count). The van der Waals surface area contributed by atoms with Crippen molar-refractivity contribution in [1.82, 2.24) is 9.13 Å². The molecule has 0 bridgehead atoms. The number of rotatable bonds is 5. The molecular formula is C56H50BN3. The minimum Gasteiger partial charge on any atom is -0.310 e. The molecule has 0 radical (unpaired) electrons. The molecule has 4 heterocycles. The Morgan fingerprint density at radius 2 is 0.800 bits per heavy atom. The van der Waals surface area contributed by atoms with Gasteiger partial charge in [0.25, 0.3) is 6.71 Å². The van der Waals surface area contributed by atoms with Gasteiger partial charge < -0.3 is 14.0 Å². The lowest BCUT2D eigenvalue weighted by molar-refractivity contribution is 0.591. The van der Waals surface area contributed by atoms with E-state index in [-0.39, 0.29) is 17.5 Å². The SMILES string of the molecule is Cc1c(-c2ccccc2)n2c3c(cc(C(C)(C)C)cc13)B1c3c-2cc(N(c2ccccc2)c2ccccc2)cc3-n2c(-c3ccccc3)c(C)c3cc(C(C)(C)C)cc1c32. The van der Waals surface area contributed by atoms with E-state index in [0.717, 1.165) is 17.1 Å². The lowest BCUT2D eigenvalue weighted by Gasteiger charge is -2.37. The number of aromatic nitrogens is 2. The van der Waals surface area contributed by atoms with Crippen molar-refractivity contribution in [2.24, 2.45) is 0 Å². The van der Waals surface area contributed by atoms with Gasteiger partial charge in [-0.1, -0.05) is 151 Å². The van der Waals surface area contributed by atoms with Crippen molar-refractivity contribution < 1.29 is 0 Å². The number of aryl methyl sites for hydroxylation is 2. The molecule has 0 unspecified atom stereocenters. The number of para-hydroxylation sites is 2. The molecule has 7 aromatic carbocycles. The fourth-order valence-corrected chi connectivity index (χ4v) is 10.4. The average molecular weight is 776 g/mol. The molecule has 0 N–H and O–H groups in total. The van der Waals surface area contributed by atoms with Gasteiger partial charge >= 0.3 is 0 Å². The van der Waals surface area contributed by atoms with Crippen molar-refractivity contribution in [3.63, 3.8) is 0 Å². The van der Waals surface area contributed by atoms with Gasteiger partial charge in [-0.3, -0.25) is 0 Å². The van der Waals surface area contributed by atoms with Crippen LogP contribution >= 0.6 is 0 Å². The zero-order valence-corrected chi connectivity index (χ0v) is 35.9. The highest BCUT2D eigenvalue weighted by Crippen LogP contribution is 2.46. The van der Waals surface area contributed by atoms with E-state index in [4.69, 9.17) is 0 Å². The Morgan fingerprint density at radius 1 is 0.433 bits per heavy atom. The molecule has 60 heavy (non-hydrogen) atoms. The van der Waals surface area contributed by atoms with E-state index in [9.17, 15) is 0 Å². The molecule has 2 aromatic heterocycles. The van der Waals surface area contributed by atoms with Gasteiger partial charge in [-0.2, -0.15) is 0 Å². The predicted molar refractivity (Wildman–Crippen MR) is 257 cm³/mol. The molecule has 3 nitrogen and oxygen atoms in total. The van der Waals surface area contributed by atoms with Gasteiger partial charge in [0.05, 0.1) is 17.1 Å². The summed E-state index contributed by atoms with van der Waals surface area (Å²) in [5, 5.41) is 2.67. The smallest absolute Gasteiger partial charge is 0.252 e. The Hall–Kier alpha value is -6.52. The van der Waals surface area contributed by atoms with Gasteiger partial charge in [0.1, 0.15) is 0 Å². The summed E-state index contributed by atoms with van der Waals surface area (Å²) in [5.74, 6) is 0. The van der Waals surface area contributed by atoms with Gasteiger partial charge in [-0.05, 0) is 123 Å². The first-order valence-electron chi connectivity index (χ1n) is 21.5. The van der Waals surface area contributed by atoms with Crippen LogP contribution < -0.4 is 21.3 Å². The minimum absolute atomic E-state index is 0.0244. The number of benzene rings is 7. The van der Waals surface area contributed by atoms with E-state index < -0.39 is 0 Å². The van der Waals surface area contributed by atoms with E-state index in [1.807, 2.05) is 0 Å². The van der Waals surface area contributed by atoms with E-state index in [1.165, 1.54) is 94.3 Å². The van der Waals surface area contributed by atoms with Crippen LogP contribution in [0.25, 0.3) is 55.7 Å². The van der Waals surface area contributed by atoms with Crippen molar-refractivity contribution >= 4 is 62.0 Å². The Morgan fingerprint density at radius 3 is 1.17 bits per heavy atom. The maximum atomic E-state index is 2.64. The number of anilines is 3.